The monoisotopic (exact) mass is 430 g/mol. The molecule has 2 aromatic heterocycles. The summed E-state index contributed by atoms with van der Waals surface area (Å²) in [5, 5.41) is 13.6. The molecule has 1 atom stereocenters. The molecule has 1 aromatic carbocycles. The van der Waals surface area contributed by atoms with Gasteiger partial charge in [0, 0.05) is 12.6 Å². The summed E-state index contributed by atoms with van der Waals surface area (Å²) in [7, 11) is -2.74. The number of anilines is 3. The van der Waals surface area contributed by atoms with E-state index in [1.54, 1.807) is 6.92 Å². The second kappa shape index (κ2) is 6.85. The quantitative estimate of drug-likeness (QED) is 0.485. The molecule has 11 nitrogen and oxygen atoms in total. The van der Waals surface area contributed by atoms with E-state index in [1.165, 1.54) is 24.0 Å². The van der Waals surface area contributed by atoms with Crippen LogP contribution in [0.1, 0.15) is 24.3 Å². The molecule has 1 aliphatic heterocycles. The third-order valence-corrected chi connectivity index (χ3v) is 5.34. The molecule has 0 saturated carbocycles. The minimum absolute atomic E-state index is 0.0295. The standard InChI is InChI=1S/C17H15FN8O3S/c1-8-10-5-9(18)3-4-11(10)24-30(27,28)25-16-14(13(6-19)26(2)23-16)12-7-21-15(20)17(22-12)29-8/h3-5,7-8,24H,1-2H3,(H2,20,21)(H,23,25). The highest BCUT2D eigenvalue weighted by molar-refractivity contribution is 7.94. The number of hydrogen-bond donors (Lipinski definition) is 3. The molecule has 0 spiro atoms. The Balaban J connectivity index is 2.00. The number of ether oxygens (including phenoxy) is 1. The molecule has 4 N–H and O–H groups in total. The van der Waals surface area contributed by atoms with Gasteiger partial charge in [0.2, 0.25) is 0 Å². The molecule has 0 radical (unpaired) electrons. The Morgan fingerprint density at radius 2 is 2.13 bits per heavy atom. The van der Waals surface area contributed by atoms with Gasteiger partial charge in [0.1, 0.15) is 23.7 Å². The van der Waals surface area contributed by atoms with Crippen LogP contribution in [0.15, 0.2) is 24.4 Å². The number of aromatic nitrogens is 4. The lowest BCUT2D eigenvalue weighted by atomic mass is 10.1. The lowest BCUT2D eigenvalue weighted by molar-refractivity contribution is 0.218. The zero-order valence-electron chi connectivity index (χ0n) is 15.7. The Morgan fingerprint density at radius 3 is 2.87 bits per heavy atom. The third-order valence-electron chi connectivity index (χ3n) is 4.39. The van der Waals surface area contributed by atoms with Crippen LogP contribution in [0.5, 0.6) is 5.88 Å². The van der Waals surface area contributed by atoms with Gasteiger partial charge >= 0.3 is 10.2 Å². The summed E-state index contributed by atoms with van der Waals surface area (Å²) < 4.78 is 51.0. The maximum Gasteiger partial charge on any atom is 0.322 e. The van der Waals surface area contributed by atoms with Crippen molar-refractivity contribution in [1.82, 2.24) is 19.7 Å². The average molecular weight is 430 g/mol. The van der Waals surface area contributed by atoms with Crippen LogP contribution in [0.25, 0.3) is 11.3 Å². The fourth-order valence-corrected chi connectivity index (χ4v) is 3.97. The fourth-order valence-electron chi connectivity index (χ4n) is 3.05. The zero-order valence-corrected chi connectivity index (χ0v) is 16.5. The molecule has 0 saturated heterocycles. The fraction of sp³-hybridized carbons (Fsp3) is 0.176. The van der Waals surface area contributed by atoms with Crippen molar-refractivity contribution in [3.8, 4) is 23.2 Å². The highest BCUT2D eigenvalue weighted by Crippen LogP contribution is 2.35. The second-order valence-electron chi connectivity index (χ2n) is 6.45. The molecule has 1 unspecified atom stereocenters. The number of rotatable bonds is 0. The number of aryl methyl sites for hydroxylation is 1. The highest BCUT2D eigenvalue weighted by Gasteiger charge is 2.27. The number of benzene rings is 1. The Hall–Kier alpha value is -3.92. The van der Waals surface area contributed by atoms with E-state index in [0.29, 0.717) is 0 Å². The van der Waals surface area contributed by atoms with Crippen LogP contribution < -0.4 is 19.9 Å². The van der Waals surface area contributed by atoms with Crippen molar-refractivity contribution in [2.24, 2.45) is 7.05 Å². The first-order chi connectivity index (χ1) is 14.2. The minimum Gasteiger partial charge on any atom is -0.467 e. The number of halogens is 1. The number of fused-ring (bicyclic) bond motifs is 5. The SMILES string of the molecule is CC1Oc2nc(cnc2N)-c2c(nn(C)c2C#N)NS(=O)(=O)Nc2ccc(F)cc21. The normalized spacial score (nSPS) is 16.9. The number of hydrogen-bond acceptors (Lipinski definition) is 8. The lowest BCUT2D eigenvalue weighted by Gasteiger charge is -2.21. The first-order valence-electron chi connectivity index (χ1n) is 8.55. The van der Waals surface area contributed by atoms with Gasteiger partial charge in [0.25, 0.3) is 5.88 Å². The van der Waals surface area contributed by atoms with Gasteiger partial charge in [0.05, 0.1) is 23.1 Å². The van der Waals surface area contributed by atoms with Gasteiger partial charge in [-0.15, -0.1) is 0 Å². The van der Waals surface area contributed by atoms with Gasteiger partial charge in [-0.05, 0) is 25.1 Å². The number of nitrogens with zero attached hydrogens (tertiary/aromatic N) is 5. The Bertz CT molecular complexity index is 1320. The van der Waals surface area contributed by atoms with Crippen molar-refractivity contribution in [3.05, 3.63) is 41.5 Å². The summed E-state index contributed by atoms with van der Waals surface area (Å²) in [5.41, 5.74) is 6.45. The maximum absolute atomic E-state index is 13.9. The molecule has 4 rings (SSSR count). The van der Waals surface area contributed by atoms with Crippen LogP contribution in [0.3, 0.4) is 0 Å². The summed E-state index contributed by atoms with van der Waals surface area (Å²) in [6.45, 7) is 1.58. The zero-order chi connectivity index (χ0) is 21.6. The predicted molar refractivity (Wildman–Crippen MR) is 105 cm³/mol. The summed E-state index contributed by atoms with van der Waals surface area (Å²) in [6.07, 6.45) is 0.434. The Labute approximate surface area is 170 Å². The molecule has 30 heavy (non-hydrogen) atoms. The van der Waals surface area contributed by atoms with E-state index in [2.05, 4.69) is 24.5 Å². The third kappa shape index (κ3) is 3.33. The van der Waals surface area contributed by atoms with Crippen molar-refractivity contribution in [3.63, 3.8) is 0 Å². The smallest absolute Gasteiger partial charge is 0.322 e. The van der Waals surface area contributed by atoms with Crippen LogP contribution in [0, 0.1) is 17.1 Å². The molecular weight excluding hydrogens is 415 g/mol. The molecule has 1 aliphatic rings. The summed E-state index contributed by atoms with van der Waals surface area (Å²) in [6, 6.07) is 5.47. The van der Waals surface area contributed by atoms with E-state index in [1.807, 2.05) is 6.07 Å². The molecule has 0 amide bonds. The number of nitrogens with two attached hydrogens (primary N) is 1. The second-order valence-corrected chi connectivity index (χ2v) is 7.87. The minimum atomic E-state index is -4.22. The molecule has 13 heteroatoms. The van der Waals surface area contributed by atoms with Crippen molar-refractivity contribution in [1.29, 1.82) is 5.26 Å². The molecule has 3 aromatic rings. The lowest BCUT2D eigenvalue weighted by Crippen LogP contribution is -2.24. The number of nitrogens with one attached hydrogen (secondary N) is 2. The van der Waals surface area contributed by atoms with E-state index in [4.69, 9.17) is 10.5 Å². The van der Waals surface area contributed by atoms with Crippen molar-refractivity contribution < 1.29 is 17.5 Å². The van der Waals surface area contributed by atoms with Gasteiger partial charge in [-0.1, -0.05) is 0 Å². The topological polar surface area (TPSA) is 161 Å². The summed E-state index contributed by atoms with van der Waals surface area (Å²) >= 11 is 0. The van der Waals surface area contributed by atoms with Crippen molar-refractivity contribution in [2.75, 3.05) is 15.2 Å². The molecule has 0 fully saturated rings. The molecule has 2 bridgehead atoms. The molecule has 0 aliphatic carbocycles. The van der Waals surface area contributed by atoms with Gasteiger partial charge in [-0.3, -0.25) is 9.40 Å². The largest absolute Gasteiger partial charge is 0.467 e. The van der Waals surface area contributed by atoms with E-state index in [9.17, 15) is 18.1 Å². The van der Waals surface area contributed by atoms with E-state index < -0.39 is 22.1 Å². The summed E-state index contributed by atoms with van der Waals surface area (Å²) in [4.78, 5) is 8.33. The predicted octanol–water partition coefficient (Wildman–Crippen LogP) is 1.69. The maximum atomic E-state index is 13.9. The highest BCUT2D eigenvalue weighted by atomic mass is 32.2. The van der Waals surface area contributed by atoms with Gasteiger partial charge in [-0.25, -0.2) is 19.1 Å². The van der Waals surface area contributed by atoms with E-state index in [0.717, 1.165) is 12.1 Å². The van der Waals surface area contributed by atoms with E-state index in [-0.39, 0.29) is 45.7 Å². The number of nitriles is 1. The first-order valence-corrected chi connectivity index (χ1v) is 10.0. The first kappa shape index (κ1) is 19.4. The molecular formula is C17H15FN8O3S. The average Bonchev–Trinajstić information content (AvgIpc) is 2.98. The van der Waals surface area contributed by atoms with Gasteiger partial charge < -0.3 is 10.5 Å². The van der Waals surface area contributed by atoms with Crippen molar-refractivity contribution >= 4 is 27.5 Å². The van der Waals surface area contributed by atoms with Crippen LogP contribution in [0.2, 0.25) is 0 Å². The van der Waals surface area contributed by atoms with E-state index >= 15 is 0 Å². The van der Waals surface area contributed by atoms with Crippen LogP contribution >= 0.6 is 0 Å². The van der Waals surface area contributed by atoms with Crippen LogP contribution in [-0.4, -0.2) is 28.2 Å². The van der Waals surface area contributed by atoms with Crippen LogP contribution in [0.4, 0.5) is 21.7 Å². The Morgan fingerprint density at radius 1 is 1.37 bits per heavy atom. The van der Waals surface area contributed by atoms with Crippen molar-refractivity contribution in [2.45, 2.75) is 13.0 Å². The molecule has 154 valence electrons. The van der Waals surface area contributed by atoms with Gasteiger partial charge in [0.15, 0.2) is 11.6 Å². The van der Waals surface area contributed by atoms with Crippen LogP contribution in [-0.2, 0) is 17.3 Å². The Kier molecular flexibility index (Phi) is 4.43. The number of nitrogen functional groups attached to an aromatic ring is 1. The molecule has 3 heterocycles. The summed E-state index contributed by atoms with van der Waals surface area (Å²) in [5.74, 6) is -0.818. The van der Waals surface area contributed by atoms with Gasteiger partial charge in [-0.2, -0.15) is 18.8 Å².